The van der Waals surface area contributed by atoms with E-state index in [4.69, 9.17) is 0 Å². The maximum atomic E-state index is 14.8. The predicted octanol–water partition coefficient (Wildman–Crippen LogP) is 4.33. The van der Waals surface area contributed by atoms with Crippen molar-refractivity contribution in [1.29, 1.82) is 0 Å². The van der Waals surface area contributed by atoms with E-state index in [0.29, 0.717) is 12.1 Å². The molecule has 1 amide bonds. The molecule has 0 saturated carbocycles. The van der Waals surface area contributed by atoms with Crippen LogP contribution in [0, 0.1) is 11.6 Å². The van der Waals surface area contributed by atoms with E-state index >= 15 is 0 Å². The summed E-state index contributed by atoms with van der Waals surface area (Å²) in [6.07, 6.45) is 4.23. The first-order chi connectivity index (χ1) is 13.1. The molecule has 2 aliphatic heterocycles. The van der Waals surface area contributed by atoms with Crippen molar-refractivity contribution in [3.8, 4) is 11.1 Å². The molecule has 3 nitrogen and oxygen atoms in total. The molecule has 5 heteroatoms. The number of benzene rings is 2. The van der Waals surface area contributed by atoms with Crippen LogP contribution in [0.3, 0.4) is 0 Å². The molecule has 2 aromatic carbocycles. The molecule has 0 bridgehead atoms. The Kier molecular flexibility index (Phi) is 5.21. The van der Waals surface area contributed by atoms with Gasteiger partial charge in [-0.3, -0.25) is 4.79 Å². The Morgan fingerprint density at radius 3 is 2.41 bits per heavy atom. The zero-order chi connectivity index (χ0) is 18.8. The van der Waals surface area contributed by atoms with Crippen LogP contribution in [0.25, 0.3) is 11.1 Å². The minimum Gasteiger partial charge on any atom is -0.334 e. The van der Waals surface area contributed by atoms with E-state index in [0.717, 1.165) is 32.5 Å². The van der Waals surface area contributed by atoms with Crippen LogP contribution >= 0.6 is 0 Å². The number of likely N-dealkylation sites (tertiary alicyclic amines) is 2. The highest BCUT2D eigenvalue weighted by molar-refractivity contribution is 5.95. The van der Waals surface area contributed by atoms with Gasteiger partial charge >= 0.3 is 0 Å². The molecule has 0 radical (unpaired) electrons. The molecule has 0 aromatic heterocycles. The maximum Gasteiger partial charge on any atom is 0.257 e. The van der Waals surface area contributed by atoms with Crippen LogP contribution < -0.4 is 0 Å². The summed E-state index contributed by atoms with van der Waals surface area (Å²) in [5.41, 5.74) is 0.612. The van der Waals surface area contributed by atoms with Crippen molar-refractivity contribution in [1.82, 2.24) is 9.80 Å². The van der Waals surface area contributed by atoms with E-state index in [1.807, 2.05) is 6.07 Å². The number of rotatable bonds is 4. The molecule has 2 aromatic rings. The molecule has 2 saturated heterocycles. The zero-order valence-electron chi connectivity index (χ0n) is 15.3. The lowest BCUT2D eigenvalue weighted by Crippen LogP contribution is -2.42. The number of hydrogen-bond acceptors (Lipinski definition) is 2. The van der Waals surface area contributed by atoms with Crippen molar-refractivity contribution >= 4 is 5.91 Å². The Labute approximate surface area is 158 Å². The van der Waals surface area contributed by atoms with Crippen LogP contribution in [-0.2, 0) is 0 Å². The first-order valence-electron chi connectivity index (χ1n) is 9.72. The fraction of sp³-hybridized carbons (Fsp3) is 0.409. The minimum atomic E-state index is -1.05. The second kappa shape index (κ2) is 7.77. The lowest BCUT2D eigenvalue weighted by atomic mass is 10.0. The van der Waals surface area contributed by atoms with Gasteiger partial charge in [0.25, 0.3) is 5.91 Å². The SMILES string of the molecule is O=C(c1ccc(-c2ccccc2)c(F)c1F)N1CCC[C@H]1CN1CCCC1. The predicted molar refractivity (Wildman–Crippen MR) is 102 cm³/mol. The highest BCUT2D eigenvalue weighted by atomic mass is 19.2. The molecule has 2 fully saturated rings. The van der Waals surface area contributed by atoms with Gasteiger partial charge in [0.1, 0.15) is 0 Å². The fourth-order valence-electron chi connectivity index (χ4n) is 4.27. The van der Waals surface area contributed by atoms with E-state index in [-0.39, 0.29) is 17.2 Å². The third-order valence-corrected chi connectivity index (χ3v) is 5.70. The molecule has 2 aliphatic rings. The van der Waals surface area contributed by atoms with E-state index in [1.165, 1.54) is 25.0 Å². The number of amides is 1. The second-order valence-corrected chi connectivity index (χ2v) is 7.46. The Hall–Kier alpha value is -2.27. The van der Waals surface area contributed by atoms with Crippen molar-refractivity contribution in [2.24, 2.45) is 0 Å². The summed E-state index contributed by atoms with van der Waals surface area (Å²) in [7, 11) is 0. The Balaban J connectivity index is 1.57. The molecular weight excluding hydrogens is 346 g/mol. The molecule has 1 atom stereocenters. The Morgan fingerprint density at radius 1 is 0.926 bits per heavy atom. The van der Waals surface area contributed by atoms with Gasteiger partial charge in [0.05, 0.1) is 5.56 Å². The number of carbonyl (C=O) groups is 1. The highest BCUT2D eigenvalue weighted by Gasteiger charge is 2.33. The third-order valence-electron chi connectivity index (χ3n) is 5.70. The molecule has 0 unspecified atom stereocenters. The highest BCUT2D eigenvalue weighted by Crippen LogP contribution is 2.29. The van der Waals surface area contributed by atoms with Crippen molar-refractivity contribution < 1.29 is 13.6 Å². The van der Waals surface area contributed by atoms with Crippen LogP contribution in [0.1, 0.15) is 36.0 Å². The van der Waals surface area contributed by atoms with Gasteiger partial charge in [0, 0.05) is 24.7 Å². The molecule has 0 spiro atoms. The third kappa shape index (κ3) is 3.61. The monoisotopic (exact) mass is 370 g/mol. The summed E-state index contributed by atoms with van der Waals surface area (Å²) in [5.74, 6) is -2.40. The van der Waals surface area contributed by atoms with Crippen LogP contribution in [0.4, 0.5) is 8.78 Å². The van der Waals surface area contributed by atoms with E-state index in [2.05, 4.69) is 4.90 Å². The molecule has 0 N–H and O–H groups in total. The number of hydrogen-bond donors (Lipinski definition) is 0. The molecule has 2 heterocycles. The van der Waals surface area contributed by atoms with Crippen LogP contribution in [0.5, 0.6) is 0 Å². The summed E-state index contributed by atoms with van der Waals surface area (Å²) in [5, 5.41) is 0. The standard InChI is InChI=1S/C22H24F2N2O/c23-20-18(16-7-2-1-3-8-16)10-11-19(21(20)24)22(27)26-14-6-9-17(26)15-25-12-4-5-13-25/h1-3,7-8,10-11,17H,4-6,9,12-15H2/t17-/m0/s1. The summed E-state index contributed by atoms with van der Waals surface area (Å²) < 4.78 is 29.4. The number of halogens is 2. The van der Waals surface area contributed by atoms with Crippen LogP contribution in [0.15, 0.2) is 42.5 Å². The summed E-state index contributed by atoms with van der Waals surface area (Å²) in [6, 6.07) is 11.9. The molecule has 27 heavy (non-hydrogen) atoms. The van der Waals surface area contributed by atoms with Crippen molar-refractivity contribution in [2.75, 3.05) is 26.2 Å². The molecule has 0 aliphatic carbocycles. The maximum absolute atomic E-state index is 14.8. The summed E-state index contributed by atoms with van der Waals surface area (Å²) in [4.78, 5) is 17.1. The normalized spacial score (nSPS) is 20.4. The minimum absolute atomic E-state index is 0.0897. The fourth-order valence-corrected chi connectivity index (χ4v) is 4.27. The van der Waals surface area contributed by atoms with Gasteiger partial charge in [0.15, 0.2) is 11.6 Å². The van der Waals surface area contributed by atoms with Gasteiger partial charge in [-0.05, 0) is 50.4 Å². The largest absolute Gasteiger partial charge is 0.334 e. The van der Waals surface area contributed by atoms with Gasteiger partial charge in [-0.15, -0.1) is 0 Å². The quantitative estimate of drug-likeness (QED) is 0.800. The van der Waals surface area contributed by atoms with Gasteiger partial charge in [0.2, 0.25) is 0 Å². The first kappa shape index (κ1) is 18.1. The van der Waals surface area contributed by atoms with Crippen LogP contribution in [-0.4, -0.2) is 47.9 Å². The van der Waals surface area contributed by atoms with Crippen molar-refractivity contribution in [2.45, 2.75) is 31.7 Å². The van der Waals surface area contributed by atoms with Crippen molar-refractivity contribution in [3.05, 3.63) is 59.7 Å². The molecular formula is C22H24F2N2O. The van der Waals surface area contributed by atoms with Crippen molar-refractivity contribution in [3.63, 3.8) is 0 Å². The summed E-state index contributed by atoms with van der Waals surface area (Å²) >= 11 is 0. The number of nitrogens with zero attached hydrogens (tertiary/aromatic N) is 2. The average molecular weight is 370 g/mol. The summed E-state index contributed by atoms with van der Waals surface area (Å²) in [6.45, 7) is 3.57. The van der Waals surface area contributed by atoms with Gasteiger partial charge in [-0.25, -0.2) is 8.78 Å². The lowest BCUT2D eigenvalue weighted by Gasteiger charge is -2.28. The van der Waals surface area contributed by atoms with Crippen LogP contribution in [0.2, 0.25) is 0 Å². The van der Waals surface area contributed by atoms with E-state index in [9.17, 15) is 13.6 Å². The van der Waals surface area contributed by atoms with Gasteiger partial charge in [-0.1, -0.05) is 36.4 Å². The lowest BCUT2D eigenvalue weighted by molar-refractivity contribution is 0.0703. The van der Waals surface area contributed by atoms with Gasteiger partial charge < -0.3 is 9.80 Å². The van der Waals surface area contributed by atoms with E-state index in [1.54, 1.807) is 29.2 Å². The number of carbonyl (C=O) groups excluding carboxylic acids is 1. The molecule has 142 valence electrons. The second-order valence-electron chi connectivity index (χ2n) is 7.46. The topological polar surface area (TPSA) is 23.6 Å². The average Bonchev–Trinajstić information content (AvgIpc) is 3.36. The smallest absolute Gasteiger partial charge is 0.257 e. The zero-order valence-corrected chi connectivity index (χ0v) is 15.3. The van der Waals surface area contributed by atoms with E-state index < -0.39 is 17.5 Å². The Bertz CT molecular complexity index is 819. The Morgan fingerprint density at radius 2 is 1.67 bits per heavy atom. The first-order valence-corrected chi connectivity index (χ1v) is 9.72. The van der Waals surface area contributed by atoms with Gasteiger partial charge in [-0.2, -0.15) is 0 Å². The molecule has 4 rings (SSSR count).